The maximum Gasteiger partial charge on any atom is 0.339 e. The lowest BCUT2D eigenvalue weighted by molar-refractivity contribution is -0.142. The van der Waals surface area contributed by atoms with E-state index in [1.54, 1.807) is 13.0 Å². The molecule has 1 aromatic carbocycles. The molecule has 1 aromatic rings. The molecular formula is C15H17NO7. The van der Waals surface area contributed by atoms with E-state index in [0.717, 1.165) is 5.56 Å². The van der Waals surface area contributed by atoms with Gasteiger partial charge in [-0.05, 0) is 19.1 Å². The fourth-order valence-electron chi connectivity index (χ4n) is 2.69. The number of carboxylic acids is 3. The zero-order valence-corrected chi connectivity index (χ0v) is 12.4. The van der Waals surface area contributed by atoms with Gasteiger partial charge in [0.25, 0.3) is 0 Å². The van der Waals surface area contributed by atoms with Crippen LogP contribution in [0.3, 0.4) is 0 Å². The van der Waals surface area contributed by atoms with Gasteiger partial charge in [0.15, 0.2) is 0 Å². The first-order chi connectivity index (χ1) is 10.8. The predicted octanol–water partition coefficient (Wildman–Crippen LogP) is 0.588. The minimum absolute atomic E-state index is 0.0437. The van der Waals surface area contributed by atoms with Crippen LogP contribution in [0.1, 0.15) is 22.3 Å². The Bertz CT molecular complexity index is 643. The van der Waals surface area contributed by atoms with Gasteiger partial charge in [0.1, 0.15) is 23.5 Å². The Balaban J connectivity index is 2.26. The quantitative estimate of drug-likeness (QED) is 0.598. The van der Waals surface area contributed by atoms with Gasteiger partial charge in [0.2, 0.25) is 0 Å². The molecule has 0 saturated carbocycles. The van der Waals surface area contributed by atoms with Crippen LogP contribution in [0.4, 0.5) is 0 Å². The summed E-state index contributed by atoms with van der Waals surface area (Å²) in [5, 5.41) is 30.1. The third kappa shape index (κ3) is 3.78. The van der Waals surface area contributed by atoms with Gasteiger partial charge in [-0.15, -0.1) is 0 Å². The lowest BCUT2D eigenvalue weighted by Gasteiger charge is -2.22. The number of aryl methyl sites for hydroxylation is 1. The van der Waals surface area contributed by atoms with Crippen LogP contribution in [0.15, 0.2) is 18.2 Å². The highest BCUT2D eigenvalue weighted by molar-refractivity contribution is 5.91. The predicted molar refractivity (Wildman–Crippen MR) is 77.7 cm³/mol. The number of carboxylic acid groups (broad SMARTS) is 3. The molecule has 2 rings (SSSR count). The molecule has 3 atom stereocenters. The zero-order chi connectivity index (χ0) is 17.1. The third-order valence-corrected chi connectivity index (χ3v) is 3.76. The molecule has 0 bridgehead atoms. The minimum Gasteiger partial charge on any atom is -0.488 e. The topological polar surface area (TPSA) is 133 Å². The van der Waals surface area contributed by atoms with Crippen molar-refractivity contribution >= 4 is 17.9 Å². The van der Waals surface area contributed by atoms with Crippen molar-refractivity contribution in [2.24, 2.45) is 5.92 Å². The molecule has 0 aromatic heterocycles. The lowest BCUT2D eigenvalue weighted by Crippen LogP contribution is -2.38. The van der Waals surface area contributed by atoms with Crippen LogP contribution in [0, 0.1) is 12.8 Å². The van der Waals surface area contributed by atoms with E-state index in [1.165, 1.54) is 12.1 Å². The first-order valence-corrected chi connectivity index (χ1v) is 6.98. The highest BCUT2D eigenvalue weighted by Gasteiger charge is 2.43. The van der Waals surface area contributed by atoms with Crippen molar-refractivity contribution in [3.8, 4) is 5.75 Å². The molecular weight excluding hydrogens is 306 g/mol. The molecule has 8 nitrogen and oxygen atoms in total. The summed E-state index contributed by atoms with van der Waals surface area (Å²) in [5.74, 6) is -4.17. The van der Waals surface area contributed by atoms with E-state index in [9.17, 15) is 19.5 Å². The molecule has 23 heavy (non-hydrogen) atoms. The molecule has 1 aliphatic rings. The van der Waals surface area contributed by atoms with Crippen LogP contribution in [0.2, 0.25) is 0 Å². The molecule has 1 aliphatic heterocycles. The summed E-state index contributed by atoms with van der Waals surface area (Å²) in [6, 6.07) is 3.56. The molecule has 8 heteroatoms. The van der Waals surface area contributed by atoms with Gasteiger partial charge >= 0.3 is 17.9 Å². The van der Waals surface area contributed by atoms with Gasteiger partial charge in [-0.2, -0.15) is 0 Å². The molecule has 0 aliphatic carbocycles. The van der Waals surface area contributed by atoms with Crippen LogP contribution >= 0.6 is 0 Å². The van der Waals surface area contributed by atoms with Crippen LogP contribution < -0.4 is 10.1 Å². The standard InChI is InChI=1S/C15H17NO7/c1-7-2-3-10(9(4-7)14(19)20)23-11-6-16-13(15(21)22)8(11)5-12(17)18/h2-4,8,11,13,16H,5-6H2,1H3,(H,17,18)(H,19,20)(H,21,22)/t8-,11?,13?/m0/s1. The molecule has 4 N–H and O–H groups in total. The molecule has 0 spiro atoms. The first-order valence-electron chi connectivity index (χ1n) is 6.98. The van der Waals surface area contributed by atoms with E-state index in [2.05, 4.69) is 5.32 Å². The molecule has 2 unspecified atom stereocenters. The summed E-state index contributed by atoms with van der Waals surface area (Å²) >= 11 is 0. The molecule has 0 radical (unpaired) electrons. The second kappa shape index (κ2) is 6.66. The molecule has 1 saturated heterocycles. The number of carbonyl (C=O) groups is 3. The van der Waals surface area contributed by atoms with E-state index in [0.29, 0.717) is 0 Å². The second-order valence-corrected chi connectivity index (χ2v) is 5.45. The van der Waals surface area contributed by atoms with E-state index in [1.807, 2.05) is 0 Å². The maximum absolute atomic E-state index is 11.3. The summed E-state index contributed by atoms with van der Waals surface area (Å²) in [7, 11) is 0. The number of aromatic carboxylic acids is 1. The summed E-state index contributed by atoms with van der Waals surface area (Å²) in [5.41, 5.74) is 0.697. The number of rotatable bonds is 6. The number of nitrogens with one attached hydrogen (secondary N) is 1. The van der Waals surface area contributed by atoms with Gasteiger partial charge in [-0.25, -0.2) is 4.79 Å². The van der Waals surface area contributed by atoms with E-state index >= 15 is 0 Å². The first kappa shape index (κ1) is 16.8. The zero-order valence-electron chi connectivity index (χ0n) is 12.4. The Labute approximate surface area is 131 Å². The highest BCUT2D eigenvalue weighted by Crippen LogP contribution is 2.28. The molecule has 0 amide bonds. The number of benzene rings is 1. The van der Waals surface area contributed by atoms with Crippen molar-refractivity contribution in [2.75, 3.05) is 6.54 Å². The Morgan fingerprint density at radius 1 is 1.26 bits per heavy atom. The Morgan fingerprint density at radius 2 is 1.96 bits per heavy atom. The smallest absolute Gasteiger partial charge is 0.339 e. The highest BCUT2D eigenvalue weighted by atomic mass is 16.5. The Morgan fingerprint density at radius 3 is 2.52 bits per heavy atom. The number of hydrogen-bond acceptors (Lipinski definition) is 5. The van der Waals surface area contributed by atoms with Crippen molar-refractivity contribution in [3.05, 3.63) is 29.3 Å². The number of hydrogen-bond donors (Lipinski definition) is 4. The van der Waals surface area contributed by atoms with Crippen molar-refractivity contribution in [1.29, 1.82) is 0 Å². The monoisotopic (exact) mass is 323 g/mol. The van der Waals surface area contributed by atoms with Crippen molar-refractivity contribution in [3.63, 3.8) is 0 Å². The summed E-state index contributed by atoms with van der Waals surface area (Å²) in [4.78, 5) is 33.5. The van der Waals surface area contributed by atoms with E-state index in [4.69, 9.17) is 14.9 Å². The van der Waals surface area contributed by atoms with Crippen molar-refractivity contribution in [2.45, 2.75) is 25.5 Å². The van der Waals surface area contributed by atoms with Crippen LogP contribution in [0.25, 0.3) is 0 Å². The number of aliphatic carboxylic acids is 2. The van der Waals surface area contributed by atoms with Gasteiger partial charge in [-0.1, -0.05) is 11.6 Å². The SMILES string of the molecule is Cc1ccc(OC2CNC(C(=O)O)[C@H]2CC(=O)O)c(C(=O)O)c1. The van der Waals surface area contributed by atoms with Gasteiger partial charge in [0, 0.05) is 12.5 Å². The van der Waals surface area contributed by atoms with Crippen molar-refractivity contribution in [1.82, 2.24) is 5.32 Å². The Kier molecular flexibility index (Phi) is 4.85. The fourth-order valence-corrected chi connectivity index (χ4v) is 2.69. The third-order valence-electron chi connectivity index (χ3n) is 3.76. The van der Waals surface area contributed by atoms with Gasteiger partial charge in [0.05, 0.1) is 6.42 Å². The summed E-state index contributed by atoms with van der Waals surface area (Å²) in [6.07, 6.45) is -1.13. The van der Waals surface area contributed by atoms with Gasteiger partial charge in [-0.3, -0.25) is 9.59 Å². The van der Waals surface area contributed by atoms with Crippen molar-refractivity contribution < 1.29 is 34.4 Å². The van der Waals surface area contributed by atoms with Crippen LogP contribution in [-0.2, 0) is 9.59 Å². The van der Waals surface area contributed by atoms with E-state index in [-0.39, 0.29) is 24.3 Å². The molecule has 1 fully saturated rings. The summed E-state index contributed by atoms with van der Waals surface area (Å²) in [6.45, 7) is 1.86. The molecule has 1 heterocycles. The van der Waals surface area contributed by atoms with Gasteiger partial charge < -0.3 is 25.4 Å². The average molecular weight is 323 g/mol. The number of ether oxygens (including phenoxy) is 1. The fraction of sp³-hybridized carbons (Fsp3) is 0.400. The molecule has 124 valence electrons. The maximum atomic E-state index is 11.3. The van der Waals surface area contributed by atoms with Crippen LogP contribution in [-0.4, -0.2) is 51.9 Å². The largest absolute Gasteiger partial charge is 0.488 e. The average Bonchev–Trinajstić information content (AvgIpc) is 2.83. The second-order valence-electron chi connectivity index (χ2n) is 5.45. The van der Waals surface area contributed by atoms with Crippen LogP contribution in [0.5, 0.6) is 5.75 Å². The summed E-state index contributed by atoms with van der Waals surface area (Å²) < 4.78 is 5.65. The minimum atomic E-state index is -1.17. The normalized spacial score (nSPS) is 23.4. The Hall–Kier alpha value is -2.61. The lowest BCUT2D eigenvalue weighted by atomic mass is 9.94. The van der Waals surface area contributed by atoms with E-state index < -0.39 is 36.0 Å².